The third kappa shape index (κ3) is 3.23. The minimum atomic E-state index is -0.00326. The monoisotopic (exact) mass is 234 g/mol. The average Bonchev–Trinajstić information content (AvgIpc) is 2.38. The summed E-state index contributed by atoms with van der Waals surface area (Å²) in [6.07, 6.45) is 1.08. The summed E-state index contributed by atoms with van der Waals surface area (Å²) >= 11 is 0. The second-order valence-electron chi connectivity index (χ2n) is 3.19. The number of aliphatic hydroxyl groups excluding tert-OH is 1. The molecule has 0 saturated heterocycles. The van der Waals surface area contributed by atoms with E-state index in [0.717, 1.165) is 0 Å². The zero-order valence-corrected chi connectivity index (χ0v) is 9.82. The number of carbonyl (C=O) groups is 1. The van der Waals surface area contributed by atoms with Gasteiger partial charge >= 0.3 is 0 Å². The first-order valence-corrected chi connectivity index (χ1v) is 5.07. The van der Waals surface area contributed by atoms with Gasteiger partial charge in [0.1, 0.15) is 0 Å². The van der Waals surface area contributed by atoms with Crippen LogP contribution in [0.4, 0.5) is 0 Å². The molecular weight excluding hydrogens is 220 g/mol. The van der Waals surface area contributed by atoms with Gasteiger partial charge in [0.05, 0.1) is 20.8 Å². The van der Waals surface area contributed by atoms with Crippen molar-refractivity contribution in [3.8, 4) is 23.3 Å². The Kier molecular flexibility index (Phi) is 5.05. The molecule has 0 fully saturated rings. The van der Waals surface area contributed by atoms with Crippen LogP contribution in [0.2, 0.25) is 0 Å². The number of benzene rings is 1. The van der Waals surface area contributed by atoms with Gasteiger partial charge in [-0.1, -0.05) is 11.8 Å². The standard InChI is InChI=1S/C13H14O4/c1-16-12-7-10(5-3-4-6-14)11(9-15)8-13(12)17-2/h7-9,14H,4,6H2,1-2H3. The van der Waals surface area contributed by atoms with Crippen molar-refractivity contribution in [3.05, 3.63) is 23.3 Å². The molecule has 1 rings (SSSR count). The molecule has 0 aliphatic carbocycles. The molecule has 0 radical (unpaired) electrons. The normalized spacial score (nSPS) is 9.12. The van der Waals surface area contributed by atoms with E-state index in [-0.39, 0.29) is 6.61 Å². The molecule has 0 saturated carbocycles. The summed E-state index contributed by atoms with van der Waals surface area (Å²) in [5.74, 6) is 6.58. The van der Waals surface area contributed by atoms with E-state index in [2.05, 4.69) is 11.8 Å². The largest absolute Gasteiger partial charge is 0.493 e. The van der Waals surface area contributed by atoms with E-state index < -0.39 is 0 Å². The quantitative estimate of drug-likeness (QED) is 0.629. The van der Waals surface area contributed by atoms with Crippen LogP contribution < -0.4 is 9.47 Å². The van der Waals surface area contributed by atoms with Crippen LogP contribution in [0.3, 0.4) is 0 Å². The summed E-state index contributed by atoms with van der Waals surface area (Å²) in [5, 5.41) is 8.64. The lowest BCUT2D eigenvalue weighted by Gasteiger charge is -2.09. The molecule has 0 amide bonds. The summed E-state index contributed by atoms with van der Waals surface area (Å²) in [6, 6.07) is 3.22. The van der Waals surface area contributed by atoms with Gasteiger partial charge in [0.15, 0.2) is 17.8 Å². The fourth-order valence-corrected chi connectivity index (χ4v) is 1.31. The first kappa shape index (κ1) is 13.1. The molecule has 0 aromatic heterocycles. The smallest absolute Gasteiger partial charge is 0.162 e. The van der Waals surface area contributed by atoms with E-state index in [1.54, 1.807) is 12.1 Å². The number of hydrogen-bond donors (Lipinski definition) is 1. The first-order chi connectivity index (χ1) is 8.26. The highest BCUT2D eigenvalue weighted by Gasteiger charge is 2.08. The zero-order valence-electron chi connectivity index (χ0n) is 9.82. The molecule has 17 heavy (non-hydrogen) atoms. The van der Waals surface area contributed by atoms with Crippen LogP contribution in [-0.4, -0.2) is 32.2 Å². The zero-order chi connectivity index (χ0) is 12.7. The van der Waals surface area contributed by atoms with E-state index in [0.29, 0.717) is 35.3 Å². The van der Waals surface area contributed by atoms with E-state index in [1.807, 2.05) is 0 Å². The van der Waals surface area contributed by atoms with Crippen LogP contribution in [-0.2, 0) is 0 Å². The van der Waals surface area contributed by atoms with Crippen LogP contribution >= 0.6 is 0 Å². The van der Waals surface area contributed by atoms with Gasteiger partial charge in [-0.05, 0) is 6.07 Å². The third-order valence-corrected chi connectivity index (χ3v) is 2.14. The maximum atomic E-state index is 10.9. The Bertz CT molecular complexity index is 454. The molecular formula is C13H14O4. The topological polar surface area (TPSA) is 55.8 Å². The van der Waals surface area contributed by atoms with Crippen molar-refractivity contribution in [3.63, 3.8) is 0 Å². The molecule has 0 aliphatic heterocycles. The fraction of sp³-hybridized carbons (Fsp3) is 0.308. The molecule has 1 aromatic rings. The van der Waals surface area contributed by atoms with E-state index in [1.165, 1.54) is 14.2 Å². The number of carbonyl (C=O) groups excluding carboxylic acids is 1. The predicted molar refractivity (Wildman–Crippen MR) is 63.5 cm³/mol. The molecule has 4 nitrogen and oxygen atoms in total. The Balaban J connectivity index is 3.20. The molecule has 0 spiro atoms. The van der Waals surface area contributed by atoms with E-state index in [4.69, 9.17) is 14.6 Å². The van der Waals surface area contributed by atoms with Gasteiger partial charge in [-0.15, -0.1) is 0 Å². The molecule has 0 atom stereocenters. The first-order valence-electron chi connectivity index (χ1n) is 5.07. The molecule has 1 aromatic carbocycles. The lowest BCUT2D eigenvalue weighted by Crippen LogP contribution is -1.95. The lowest BCUT2D eigenvalue weighted by atomic mass is 10.1. The lowest BCUT2D eigenvalue weighted by molar-refractivity contribution is 0.112. The van der Waals surface area contributed by atoms with Gasteiger partial charge in [-0.3, -0.25) is 4.79 Å². The SMILES string of the molecule is COc1cc(C#CCCO)c(C=O)cc1OC. The third-order valence-electron chi connectivity index (χ3n) is 2.14. The Morgan fingerprint density at radius 1 is 1.29 bits per heavy atom. The van der Waals surface area contributed by atoms with Crippen molar-refractivity contribution in [2.45, 2.75) is 6.42 Å². The van der Waals surface area contributed by atoms with Crippen LogP contribution in [0.25, 0.3) is 0 Å². The fourth-order valence-electron chi connectivity index (χ4n) is 1.31. The van der Waals surface area contributed by atoms with Gasteiger partial charge in [-0.2, -0.15) is 0 Å². The highest BCUT2D eigenvalue weighted by molar-refractivity contribution is 5.81. The van der Waals surface area contributed by atoms with E-state index >= 15 is 0 Å². The minimum Gasteiger partial charge on any atom is -0.493 e. The number of hydrogen-bond acceptors (Lipinski definition) is 4. The average molecular weight is 234 g/mol. The summed E-state index contributed by atoms with van der Waals surface area (Å²) in [6.45, 7) is -0.00326. The summed E-state index contributed by atoms with van der Waals surface area (Å²) in [4.78, 5) is 10.9. The molecule has 0 bridgehead atoms. The van der Waals surface area contributed by atoms with Crippen molar-refractivity contribution >= 4 is 6.29 Å². The Morgan fingerprint density at radius 2 is 1.94 bits per heavy atom. The highest BCUT2D eigenvalue weighted by Crippen LogP contribution is 2.29. The van der Waals surface area contributed by atoms with Gasteiger partial charge in [0.2, 0.25) is 0 Å². The Morgan fingerprint density at radius 3 is 2.47 bits per heavy atom. The van der Waals surface area contributed by atoms with Crippen molar-refractivity contribution in [2.24, 2.45) is 0 Å². The van der Waals surface area contributed by atoms with Crippen molar-refractivity contribution in [2.75, 3.05) is 20.8 Å². The molecule has 4 heteroatoms. The summed E-state index contributed by atoms with van der Waals surface area (Å²) < 4.78 is 10.2. The minimum absolute atomic E-state index is 0.00326. The molecule has 90 valence electrons. The predicted octanol–water partition coefficient (Wildman–Crippen LogP) is 1.25. The molecule has 0 aliphatic rings. The van der Waals surface area contributed by atoms with Gasteiger partial charge in [0.25, 0.3) is 0 Å². The Hall–Kier alpha value is -1.99. The maximum absolute atomic E-state index is 10.9. The van der Waals surface area contributed by atoms with Crippen LogP contribution in [0.5, 0.6) is 11.5 Å². The van der Waals surface area contributed by atoms with Gasteiger partial charge in [0, 0.05) is 23.6 Å². The number of aliphatic hydroxyl groups is 1. The highest BCUT2D eigenvalue weighted by atomic mass is 16.5. The number of methoxy groups -OCH3 is 2. The number of rotatable bonds is 4. The Labute approximate surface area is 100 Å². The van der Waals surface area contributed by atoms with Crippen LogP contribution in [0.1, 0.15) is 22.3 Å². The maximum Gasteiger partial charge on any atom is 0.162 e. The second-order valence-corrected chi connectivity index (χ2v) is 3.19. The second kappa shape index (κ2) is 6.56. The summed E-state index contributed by atoms with van der Waals surface area (Å²) in [5.41, 5.74) is 0.999. The van der Waals surface area contributed by atoms with Crippen molar-refractivity contribution in [1.82, 2.24) is 0 Å². The van der Waals surface area contributed by atoms with Crippen molar-refractivity contribution < 1.29 is 19.4 Å². The number of ether oxygens (including phenoxy) is 2. The van der Waals surface area contributed by atoms with Crippen LogP contribution in [0.15, 0.2) is 12.1 Å². The van der Waals surface area contributed by atoms with E-state index in [9.17, 15) is 4.79 Å². The molecule has 1 N–H and O–H groups in total. The van der Waals surface area contributed by atoms with Gasteiger partial charge < -0.3 is 14.6 Å². The van der Waals surface area contributed by atoms with Gasteiger partial charge in [-0.25, -0.2) is 0 Å². The van der Waals surface area contributed by atoms with Crippen LogP contribution in [0, 0.1) is 11.8 Å². The number of aldehydes is 1. The van der Waals surface area contributed by atoms with Crippen molar-refractivity contribution in [1.29, 1.82) is 0 Å². The molecule has 0 heterocycles. The summed E-state index contributed by atoms with van der Waals surface area (Å²) in [7, 11) is 3.02. The molecule has 0 unspecified atom stereocenters.